The van der Waals surface area contributed by atoms with Crippen molar-refractivity contribution in [2.24, 2.45) is 0 Å². The van der Waals surface area contributed by atoms with Gasteiger partial charge >= 0.3 is 6.18 Å². The first-order valence-corrected chi connectivity index (χ1v) is 8.70. The number of para-hydroxylation sites is 1. The lowest BCUT2D eigenvalue weighted by molar-refractivity contribution is -0.176. The molecule has 0 bridgehead atoms. The summed E-state index contributed by atoms with van der Waals surface area (Å²) >= 11 is 1.72. The standard InChI is InChI=1S/C18H16F3NO2S/c19-18(20,21)12-24-11-13-5-7-14(8-6-13)17(23)22-9-10-25-16-4-2-1-3-15(16)22/h1-8H,9-12H2. The fourth-order valence-corrected chi connectivity index (χ4v) is 3.56. The molecule has 1 aliphatic heterocycles. The van der Waals surface area contributed by atoms with Crippen molar-refractivity contribution in [3.05, 3.63) is 59.7 Å². The highest BCUT2D eigenvalue weighted by Gasteiger charge is 2.27. The number of halogens is 3. The van der Waals surface area contributed by atoms with Crippen LogP contribution < -0.4 is 4.90 Å². The second-order valence-corrected chi connectivity index (χ2v) is 6.71. The fourth-order valence-electron chi connectivity index (χ4n) is 2.56. The van der Waals surface area contributed by atoms with Crippen molar-refractivity contribution in [3.63, 3.8) is 0 Å². The van der Waals surface area contributed by atoms with Crippen molar-refractivity contribution in [3.8, 4) is 0 Å². The summed E-state index contributed by atoms with van der Waals surface area (Å²) in [6, 6.07) is 14.2. The molecule has 0 aromatic heterocycles. The molecule has 0 saturated carbocycles. The zero-order chi connectivity index (χ0) is 17.9. The fraction of sp³-hybridized carbons (Fsp3) is 0.278. The Hall–Kier alpha value is -1.99. The second-order valence-electron chi connectivity index (χ2n) is 5.58. The van der Waals surface area contributed by atoms with E-state index < -0.39 is 12.8 Å². The van der Waals surface area contributed by atoms with Crippen molar-refractivity contribution in [1.82, 2.24) is 0 Å². The van der Waals surface area contributed by atoms with Gasteiger partial charge < -0.3 is 9.64 Å². The quantitative estimate of drug-likeness (QED) is 0.796. The normalized spacial score (nSPS) is 14.3. The van der Waals surface area contributed by atoms with Crippen LogP contribution in [0.25, 0.3) is 0 Å². The average Bonchev–Trinajstić information content (AvgIpc) is 2.60. The molecule has 3 rings (SSSR count). The molecule has 0 radical (unpaired) electrons. The van der Waals surface area contributed by atoms with Gasteiger partial charge in [-0.2, -0.15) is 13.2 Å². The van der Waals surface area contributed by atoms with E-state index in [9.17, 15) is 18.0 Å². The summed E-state index contributed by atoms with van der Waals surface area (Å²) in [4.78, 5) is 15.6. The molecule has 0 fully saturated rings. The number of anilines is 1. The van der Waals surface area contributed by atoms with Gasteiger partial charge in [0.05, 0.1) is 12.3 Å². The van der Waals surface area contributed by atoms with Crippen LogP contribution in [-0.2, 0) is 11.3 Å². The predicted octanol–water partition coefficient (Wildman–Crippen LogP) is 4.52. The van der Waals surface area contributed by atoms with Crippen LogP contribution in [0.1, 0.15) is 15.9 Å². The van der Waals surface area contributed by atoms with E-state index in [4.69, 9.17) is 0 Å². The molecule has 2 aromatic carbocycles. The minimum Gasteiger partial charge on any atom is -0.367 e. The highest BCUT2D eigenvalue weighted by atomic mass is 32.2. The van der Waals surface area contributed by atoms with E-state index in [1.807, 2.05) is 24.3 Å². The molecule has 7 heteroatoms. The van der Waals surface area contributed by atoms with Crippen LogP contribution in [0.4, 0.5) is 18.9 Å². The Morgan fingerprint density at radius 1 is 1.12 bits per heavy atom. The molecule has 3 nitrogen and oxygen atoms in total. The summed E-state index contributed by atoms with van der Waals surface area (Å²) in [6.07, 6.45) is -4.34. The lowest BCUT2D eigenvalue weighted by Gasteiger charge is -2.29. The van der Waals surface area contributed by atoms with E-state index in [0.717, 1.165) is 16.3 Å². The van der Waals surface area contributed by atoms with Gasteiger partial charge in [0.15, 0.2) is 0 Å². The van der Waals surface area contributed by atoms with Gasteiger partial charge in [0.2, 0.25) is 0 Å². The zero-order valence-corrected chi connectivity index (χ0v) is 14.1. The molecule has 0 saturated heterocycles. The Morgan fingerprint density at radius 3 is 2.56 bits per heavy atom. The molecule has 1 amide bonds. The monoisotopic (exact) mass is 367 g/mol. The van der Waals surface area contributed by atoms with Crippen molar-refractivity contribution in [1.29, 1.82) is 0 Å². The van der Waals surface area contributed by atoms with Crippen LogP contribution in [0.5, 0.6) is 0 Å². The molecule has 0 spiro atoms. The maximum atomic E-state index is 12.8. The number of hydrogen-bond acceptors (Lipinski definition) is 3. The molecule has 1 aliphatic rings. The number of carbonyl (C=O) groups is 1. The minimum atomic E-state index is -4.34. The maximum Gasteiger partial charge on any atom is 0.411 e. The van der Waals surface area contributed by atoms with Crippen LogP contribution in [0.15, 0.2) is 53.4 Å². The zero-order valence-electron chi connectivity index (χ0n) is 13.3. The molecule has 0 N–H and O–H groups in total. The largest absolute Gasteiger partial charge is 0.411 e. The molecule has 2 aromatic rings. The number of thioether (sulfide) groups is 1. The highest BCUT2D eigenvalue weighted by Crippen LogP contribution is 2.35. The van der Waals surface area contributed by atoms with E-state index in [0.29, 0.717) is 17.7 Å². The predicted molar refractivity (Wildman–Crippen MR) is 91.0 cm³/mol. The SMILES string of the molecule is O=C(c1ccc(COCC(F)(F)F)cc1)N1CCSc2ccccc21. The maximum absolute atomic E-state index is 12.8. The van der Waals surface area contributed by atoms with Crippen molar-refractivity contribution < 1.29 is 22.7 Å². The molecule has 1 heterocycles. The number of fused-ring (bicyclic) bond motifs is 1. The summed E-state index contributed by atoms with van der Waals surface area (Å²) in [5.74, 6) is 0.710. The lowest BCUT2D eigenvalue weighted by Crippen LogP contribution is -2.35. The smallest absolute Gasteiger partial charge is 0.367 e. The second kappa shape index (κ2) is 7.49. The van der Waals surface area contributed by atoms with Crippen LogP contribution >= 0.6 is 11.8 Å². The average molecular weight is 367 g/mol. The van der Waals surface area contributed by atoms with Gasteiger partial charge in [0.1, 0.15) is 6.61 Å². The third kappa shape index (κ3) is 4.55. The molecular weight excluding hydrogens is 351 g/mol. The van der Waals surface area contributed by atoms with Gasteiger partial charge in [-0.25, -0.2) is 0 Å². The molecule has 132 valence electrons. The highest BCUT2D eigenvalue weighted by molar-refractivity contribution is 7.99. The summed E-state index contributed by atoms with van der Waals surface area (Å²) in [5, 5.41) is 0. The number of alkyl halides is 3. The molecule has 0 unspecified atom stereocenters. The van der Waals surface area contributed by atoms with E-state index in [1.54, 1.807) is 40.9 Å². The number of rotatable bonds is 4. The van der Waals surface area contributed by atoms with Gasteiger partial charge in [-0.05, 0) is 29.8 Å². The summed E-state index contributed by atoms with van der Waals surface area (Å²) < 4.78 is 40.9. The molecule has 0 aliphatic carbocycles. The third-order valence-corrected chi connectivity index (χ3v) is 4.75. The first-order chi connectivity index (χ1) is 11.9. The van der Waals surface area contributed by atoms with Crippen molar-refractivity contribution >= 4 is 23.4 Å². The number of nitrogens with zero attached hydrogens (tertiary/aromatic N) is 1. The van der Waals surface area contributed by atoms with Crippen LogP contribution in [0.2, 0.25) is 0 Å². The first-order valence-electron chi connectivity index (χ1n) is 7.71. The summed E-state index contributed by atoms with van der Waals surface area (Å²) in [5.41, 5.74) is 1.98. The van der Waals surface area contributed by atoms with E-state index in [1.165, 1.54) is 0 Å². The van der Waals surface area contributed by atoms with Gasteiger partial charge in [0.25, 0.3) is 5.91 Å². The van der Waals surface area contributed by atoms with E-state index in [-0.39, 0.29) is 12.5 Å². The number of hydrogen-bond donors (Lipinski definition) is 0. The third-order valence-electron chi connectivity index (χ3n) is 3.71. The number of benzene rings is 2. The van der Waals surface area contributed by atoms with Crippen molar-refractivity contribution in [2.75, 3.05) is 23.8 Å². The molecular formula is C18H16F3NO2S. The lowest BCUT2D eigenvalue weighted by atomic mass is 10.1. The Bertz CT molecular complexity index is 747. The summed E-state index contributed by atoms with van der Waals surface area (Å²) in [6.45, 7) is -0.802. The number of amides is 1. The van der Waals surface area contributed by atoms with E-state index in [2.05, 4.69) is 4.74 Å². The van der Waals surface area contributed by atoms with Crippen LogP contribution in [-0.4, -0.2) is 31.0 Å². The summed E-state index contributed by atoms with van der Waals surface area (Å²) in [7, 11) is 0. The van der Waals surface area contributed by atoms with Crippen LogP contribution in [0, 0.1) is 0 Å². The number of carbonyl (C=O) groups excluding carboxylic acids is 1. The molecule has 25 heavy (non-hydrogen) atoms. The Morgan fingerprint density at radius 2 is 1.84 bits per heavy atom. The minimum absolute atomic E-state index is 0.115. The van der Waals surface area contributed by atoms with Crippen molar-refractivity contribution in [2.45, 2.75) is 17.7 Å². The van der Waals surface area contributed by atoms with Gasteiger partial charge in [-0.3, -0.25) is 4.79 Å². The Kier molecular flexibility index (Phi) is 5.34. The topological polar surface area (TPSA) is 29.5 Å². The van der Waals surface area contributed by atoms with Gasteiger partial charge in [-0.15, -0.1) is 11.8 Å². The van der Waals surface area contributed by atoms with Crippen LogP contribution in [0.3, 0.4) is 0 Å². The Balaban J connectivity index is 1.68. The Labute approximate surface area is 147 Å². The van der Waals surface area contributed by atoms with Gasteiger partial charge in [0, 0.05) is 22.8 Å². The first kappa shape index (κ1) is 17.8. The molecule has 0 atom stereocenters. The number of ether oxygens (including phenoxy) is 1. The van der Waals surface area contributed by atoms with E-state index >= 15 is 0 Å². The van der Waals surface area contributed by atoms with Gasteiger partial charge in [-0.1, -0.05) is 24.3 Å².